The fourth-order valence-corrected chi connectivity index (χ4v) is 2.42. The van der Waals surface area contributed by atoms with Crippen LogP contribution in [0.5, 0.6) is 0 Å². The van der Waals surface area contributed by atoms with Crippen molar-refractivity contribution in [3.8, 4) is 11.4 Å². The average Bonchev–Trinajstić information content (AvgIpc) is 2.92. The molecule has 4 heteroatoms. The van der Waals surface area contributed by atoms with Gasteiger partial charge in [-0.05, 0) is 32.4 Å². The lowest BCUT2D eigenvalue weighted by Gasteiger charge is -2.18. The molecule has 0 atom stereocenters. The number of hydrogen-bond acceptors (Lipinski definition) is 3. The van der Waals surface area contributed by atoms with Crippen LogP contribution >= 0.6 is 0 Å². The summed E-state index contributed by atoms with van der Waals surface area (Å²) in [6.07, 6.45) is 6.25. The Bertz CT molecular complexity index is 751. The summed E-state index contributed by atoms with van der Waals surface area (Å²) in [6.45, 7) is 4.38. The maximum Gasteiger partial charge on any atom is 0.140 e. The van der Waals surface area contributed by atoms with Gasteiger partial charge in [0.05, 0.1) is 11.1 Å². The highest BCUT2D eigenvalue weighted by atomic mass is 16.3. The Morgan fingerprint density at radius 2 is 1.90 bits per heavy atom. The van der Waals surface area contributed by atoms with Crippen molar-refractivity contribution in [3.05, 3.63) is 48.9 Å². The highest BCUT2D eigenvalue weighted by molar-refractivity contribution is 5.92. The second kappa shape index (κ2) is 5.30. The van der Waals surface area contributed by atoms with Gasteiger partial charge >= 0.3 is 0 Å². The number of imidazole rings is 1. The molecule has 0 bridgehead atoms. The molecule has 4 nitrogen and oxygen atoms in total. The summed E-state index contributed by atoms with van der Waals surface area (Å²) >= 11 is 0. The summed E-state index contributed by atoms with van der Waals surface area (Å²) in [5, 5.41) is 11.0. The van der Waals surface area contributed by atoms with Crippen LogP contribution in [0.25, 0.3) is 22.3 Å². The Morgan fingerprint density at radius 3 is 2.71 bits per heavy atom. The van der Waals surface area contributed by atoms with Gasteiger partial charge in [0.15, 0.2) is 0 Å². The van der Waals surface area contributed by atoms with Crippen LogP contribution in [0, 0.1) is 0 Å². The highest BCUT2D eigenvalue weighted by Gasteiger charge is 2.15. The molecule has 0 fully saturated rings. The van der Waals surface area contributed by atoms with Crippen molar-refractivity contribution in [1.82, 2.24) is 14.5 Å². The van der Waals surface area contributed by atoms with Gasteiger partial charge < -0.3 is 9.67 Å². The third-order valence-electron chi connectivity index (χ3n) is 3.57. The predicted octanol–water partition coefficient (Wildman–Crippen LogP) is 3.26. The molecule has 108 valence electrons. The first-order valence-electron chi connectivity index (χ1n) is 7.12. The molecular formula is C17H19N3O. The number of rotatable bonds is 4. The SMILES string of the molecule is CC(C)(O)CCn1ccnc1-c1ccnc2ccccc12. The zero-order chi connectivity index (χ0) is 14.9. The molecule has 0 unspecified atom stereocenters. The van der Waals surface area contributed by atoms with E-state index in [4.69, 9.17) is 0 Å². The Labute approximate surface area is 124 Å². The molecule has 0 saturated heterocycles. The molecule has 0 amide bonds. The van der Waals surface area contributed by atoms with Crippen molar-refractivity contribution in [1.29, 1.82) is 0 Å². The monoisotopic (exact) mass is 281 g/mol. The summed E-state index contributed by atoms with van der Waals surface area (Å²) in [5.41, 5.74) is 1.36. The first kappa shape index (κ1) is 13.8. The molecule has 1 N–H and O–H groups in total. The number of aromatic nitrogens is 3. The molecular weight excluding hydrogens is 262 g/mol. The molecule has 3 rings (SSSR count). The molecule has 1 aromatic carbocycles. The standard InChI is InChI=1S/C17H19N3O/c1-17(2,21)8-11-20-12-10-19-16(20)14-7-9-18-15-6-4-3-5-13(14)15/h3-7,9-10,12,21H,8,11H2,1-2H3. The molecule has 0 aliphatic rings. The van der Waals surface area contributed by atoms with Crippen molar-refractivity contribution in [2.24, 2.45) is 0 Å². The first-order chi connectivity index (χ1) is 10.0. The lowest BCUT2D eigenvalue weighted by atomic mass is 10.1. The summed E-state index contributed by atoms with van der Waals surface area (Å²) in [4.78, 5) is 8.88. The summed E-state index contributed by atoms with van der Waals surface area (Å²) < 4.78 is 2.08. The maximum atomic E-state index is 9.91. The van der Waals surface area contributed by atoms with Crippen LogP contribution in [0.3, 0.4) is 0 Å². The lowest BCUT2D eigenvalue weighted by Crippen LogP contribution is -2.21. The van der Waals surface area contributed by atoms with E-state index in [1.165, 1.54) is 0 Å². The first-order valence-corrected chi connectivity index (χ1v) is 7.12. The van der Waals surface area contributed by atoms with Crippen LogP contribution in [-0.4, -0.2) is 25.2 Å². The number of aliphatic hydroxyl groups is 1. The molecule has 2 aromatic heterocycles. The van der Waals surface area contributed by atoms with Crippen LogP contribution in [0.15, 0.2) is 48.9 Å². The number of benzene rings is 1. The number of pyridine rings is 1. The zero-order valence-corrected chi connectivity index (χ0v) is 12.3. The van der Waals surface area contributed by atoms with Crippen molar-refractivity contribution in [3.63, 3.8) is 0 Å². The van der Waals surface area contributed by atoms with Crippen LogP contribution in [-0.2, 0) is 6.54 Å². The van der Waals surface area contributed by atoms with Crippen molar-refractivity contribution in [2.45, 2.75) is 32.4 Å². The number of aryl methyl sites for hydroxylation is 1. The molecule has 0 spiro atoms. The third-order valence-corrected chi connectivity index (χ3v) is 3.57. The van der Waals surface area contributed by atoms with Gasteiger partial charge in [0.2, 0.25) is 0 Å². The van der Waals surface area contributed by atoms with Gasteiger partial charge in [-0.1, -0.05) is 18.2 Å². The van der Waals surface area contributed by atoms with Crippen LogP contribution in [0.2, 0.25) is 0 Å². The topological polar surface area (TPSA) is 50.9 Å². The summed E-state index contributed by atoms with van der Waals surface area (Å²) in [7, 11) is 0. The summed E-state index contributed by atoms with van der Waals surface area (Å²) in [5.74, 6) is 0.915. The largest absolute Gasteiger partial charge is 0.390 e. The van der Waals surface area contributed by atoms with E-state index in [1.54, 1.807) is 6.20 Å². The molecule has 0 aliphatic carbocycles. The van der Waals surface area contributed by atoms with Crippen LogP contribution in [0.4, 0.5) is 0 Å². The Hall–Kier alpha value is -2.20. The van der Waals surface area contributed by atoms with Gasteiger partial charge in [0.1, 0.15) is 5.82 Å². The van der Waals surface area contributed by atoms with Gasteiger partial charge in [-0.2, -0.15) is 0 Å². The van der Waals surface area contributed by atoms with Gasteiger partial charge in [-0.3, -0.25) is 4.98 Å². The van der Waals surface area contributed by atoms with Crippen molar-refractivity contribution >= 4 is 10.9 Å². The van der Waals surface area contributed by atoms with Crippen molar-refractivity contribution in [2.75, 3.05) is 0 Å². The molecule has 0 radical (unpaired) electrons. The lowest BCUT2D eigenvalue weighted by molar-refractivity contribution is 0.0663. The second-order valence-electron chi connectivity index (χ2n) is 5.88. The van der Waals surface area contributed by atoms with E-state index in [-0.39, 0.29) is 0 Å². The molecule has 0 aliphatic heterocycles. The number of nitrogens with zero attached hydrogens (tertiary/aromatic N) is 3. The minimum Gasteiger partial charge on any atom is -0.390 e. The van der Waals surface area contributed by atoms with E-state index in [0.29, 0.717) is 6.42 Å². The Kier molecular flexibility index (Phi) is 3.47. The number of hydrogen-bond donors (Lipinski definition) is 1. The molecule has 21 heavy (non-hydrogen) atoms. The normalized spacial score (nSPS) is 12.0. The smallest absolute Gasteiger partial charge is 0.140 e. The Morgan fingerprint density at radius 1 is 1.10 bits per heavy atom. The number of fused-ring (bicyclic) bond motifs is 1. The second-order valence-corrected chi connectivity index (χ2v) is 5.88. The Balaban J connectivity index is 2.02. The molecule has 2 heterocycles. The van der Waals surface area contributed by atoms with Gasteiger partial charge in [-0.15, -0.1) is 0 Å². The van der Waals surface area contributed by atoms with Crippen LogP contribution < -0.4 is 0 Å². The van der Waals surface area contributed by atoms with Crippen LogP contribution in [0.1, 0.15) is 20.3 Å². The predicted molar refractivity (Wildman–Crippen MR) is 83.9 cm³/mol. The van der Waals surface area contributed by atoms with E-state index < -0.39 is 5.60 Å². The zero-order valence-electron chi connectivity index (χ0n) is 12.3. The van der Waals surface area contributed by atoms with Crippen molar-refractivity contribution < 1.29 is 5.11 Å². The third kappa shape index (κ3) is 2.95. The minimum atomic E-state index is -0.679. The minimum absolute atomic E-state index is 0.679. The van der Waals surface area contributed by atoms with E-state index in [1.807, 2.05) is 50.5 Å². The van der Waals surface area contributed by atoms with E-state index >= 15 is 0 Å². The van der Waals surface area contributed by atoms with E-state index in [2.05, 4.69) is 20.6 Å². The van der Waals surface area contributed by atoms with E-state index in [9.17, 15) is 5.11 Å². The van der Waals surface area contributed by atoms with Gasteiger partial charge in [-0.25, -0.2) is 4.98 Å². The van der Waals surface area contributed by atoms with Gasteiger partial charge in [0.25, 0.3) is 0 Å². The molecule has 3 aromatic rings. The fraction of sp³-hybridized carbons (Fsp3) is 0.294. The van der Waals surface area contributed by atoms with E-state index in [0.717, 1.165) is 28.8 Å². The highest BCUT2D eigenvalue weighted by Crippen LogP contribution is 2.26. The average molecular weight is 281 g/mol. The van der Waals surface area contributed by atoms with Gasteiger partial charge in [0, 0.05) is 36.1 Å². The number of para-hydroxylation sites is 1. The fourth-order valence-electron chi connectivity index (χ4n) is 2.42. The quantitative estimate of drug-likeness (QED) is 0.798. The summed E-state index contributed by atoms with van der Waals surface area (Å²) in [6, 6.07) is 10.1. The maximum absolute atomic E-state index is 9.91. The molecule has 0 saturated carbocycles.